The van der Waals surface area contributed by atoms with Crippen molar-refractivity contribution in [2.75, 3.05) is 6.61 Å². The van der Waals surface area contributed by atoms with Crippen LogP contribution in [0.3, 0.4) is 0 Å². The van der Waals surface area contributed by atoms with E-state index in [1.54, 1.807) is 0 Å². The van der Waals surface area contributed by atoms with Gasteiger partial charge in [-0.3, -0.25) is 4.79 Å². The third kappa shape index (κ3) is 23.9. The molecule has 0 rings (SSSR count). The summed E-state index contributed by atoms with van der Waals surface area (Å²) in [6, 6.07) is 0. The summed E-state index contributed by atoms with van der Waals surface area (Å²) in [5, 5.41) is -1.54. The molecular weight excluding hydrogens is 447 g/mol. The van der Waals surface area contributed by atoms with E-state index in [0.29, 0.717) is 6.42 Å². The van der Waals surface area contributed by atoms with E-state index in [-0.39, 0.29) is 42.6 Å². The zero-order valence-corrected chi connectivity index (χ0v) is 24.9. The first-order valence-electron chi connectivity index (χ1n) is 13.5. The van der Waals surface area contributed by atoms with E-state index in [4.69, 9.17) is 4.74 Å². The average molecular weight is 499 g/mol. The van der Waals surface area contributed by atoms with Gasteiger partial charge in [0.1, 0.15) is 15.4 Å². The topological polar surface area (TPSA) is 83.5 Å². The second-order valence-corrected chi connectivity index (χ2v) is 10.9. The second-order valence-electron chi connectivity index (χ2n) is 9.30. The molecule has 0 aromatic carbocycles. The molecule has 0 fully saturated rings. The Balaban J connectivity index is 0. The Kier molecular flexibility index (Phi) is 27.4. The molecule has 0 saturated heterocycles. The standard InChI is InChI=1S/C26H52O5S.Na/c1-3-5-7-9-11-12-13-14-15-16-17-18-20-22-24-31-26(27)25(32(28,29)30)23-21-19-10-8-6-4-2;/h25H,3-24H2,1-2H3,(H,28,29,30);/q;+1/p-1. The van der Waals surface area contributed by atoms with Gasteiger partial charge in [-0.05, 0) is 12.8 Å². The normalized spacial score (nSPS) is 12.3. The minimum Gasteiger partial charge on any atom is -0.747 e. The van der Waals surface area contributed by atoms with Crippen LogP contribution in [0.15, 0.2) is 0 Å². The van der Waals surface area contributed by atoms with Gasteiger partial charge in [-0.2, -0.15) is 0 Å². The Morgan fingerprint density at radius 3 is 1.33 bits per heavy atom. The second kappa shape index (κ2) is 25.5. The van der Waals surface area contributed by atoms with Crippen LogP contribution in [-0.4, -0.2) is 30.8 Å². The van der Waals surface area contributed by atoms with Crippen molar-refractivity contribution in [3.05, 3.63) is 0 Å². The van der Waals surface area contributed by atoms with Crippen LogP contribution in [0.4, 0.5) is 0 Å². The van der Waals surface area contributed by atoms with E-state index < -0.39 is 21.3 Å². The van der Waals surface area contributed by atoms with Crippen LogP contribution >= 0.6 is 0 Å². The Morgan fingerprint density at radius 1 is 0.636 bits per heavy atom. The fourth-order valence-corrected chi connectivity index (χ4v) is 4.81. The van der Waals surface area contributed by atoms with Crippen molar-refractivity contribution >= 4 is 16.1 Å². The van der Waals surface area contributed by atoms with Gasteiger partial charge < -0.3 is 9.29 Å². The number of unbranched alkanes of at least 4 members (excludes halogenated alkanes) is 18. The number of esters is 1. The van der Waals surface area contributed by atoms with Crippen LogP contribution < -0.4 is 29.6 Å². The van der Waals surface area contributed by atoms with E-state index in [1.807, 2.05) is 0 Å². The summed E-state index contributed by atoms with van der Waals surface area (Å²) in [4.78, 5) is 12.1. The number of hydrogen-bond acceptors (Lipinski definition) is 5. The molecule has 0 aromatic rings. The summed E-state index contributed by atoms with van der Waals surface area (Å²) >= 11 is 0. The van der Waals surface area contributed by atoms with Crippen molar-refractivity contribution in [2.24, 2.45) is 0 Å². The molecule has 0 spiro atoms. The molecular formula is C26H51NaO5S. The van der Waals surface area contributed by atoms with E-state index in [9.17, 15) is 17.8 Å². The van der Waals surface area contributed by atoms with E-state index in [1.165, 1.54) is 70.6 Å². The van der Waals surface area contributed by atoms with Gasteiger partial charge >= 0.3 is 35.5 Å². The van der Waals surface area contributed by atoms with Crippen molar-refractivity contribution in [1.29, 1.82) is 0 Å². The zero-order valence-electron chi connectivity index (χ0n) is 22.1. The molecule has 0 bridgehead atoms. The van der Waals surface area contributed by atoms with Gasteiger partial charge in [0.15, 0.2) is 0 Å². The minimum absolute atomic E-state index is 0. The molecule has 0 N–H and O–H groups in total. The quantitative estimate of drug-likeness (QED) is 0.0835. The van der Waals surface area contributed by atoms with Crippen LogP contribution in [0.2, 0.25) is 0 Å². The van der Waals surface area contributed by atoms with Crippen LogP contribution in [0.25, 0.3) is 0 Å². The number of carbonyl (C=O) groups is 1. The maximum Gasteiger partial charge on any atom is 1.00 e. The first-order chi connectivity index (χ1) is 15.4. The zero-order chi connectivity index (χ0) is 23.9. The van der Waals surface area contributed by atoms with E-state index >= 15 is 0 Å². The van der Waals surface area contributed by atoms with Gasteiger partial charge in [-0.25, -0.2) is 8.42 Å². The maximum absolute atomic E-state index is 12.1. The molecule has 0 aliphatic rings. The van der Waals surface area contributed by atoms with Crippen LogP contribution in [0, 0.1) is 0 Å². The summed E-state index contributed by atoms with van der Waals surface area (Å²) < 4.78 is 39.4. The van der Waals surface area contributed by atoms with Crippen molar-refractivity contribution in [2.45, 2.75) is 154 Å². The summed E-state index contributed by atoms with van der Waals surface area (Å²) in [7, 11) is -4.66. The summed E-state index contributed by atoms with van der Waals surface area (Å²) in [6.45, 7) is 4.59. The Bertz CT molecular complexity index is 525. The van der Waals surface area contributed by atoms with Crippen LogP contribution in [0.5, 0.6) is 0 Å². The molecule has 5 nitrogen and oxygen atoms in total. The summed E-state index contributed by atoms with van der Waals surface area (Å²) in [5.41, 5.74) is 0. The largest absolute Gasteiger partial charge is 1.00 e. The molecule has 0 aromatic heterocycles. The Hall–Kier alpha value is 0.380. The van der Waals surface area contributed by atoms with Gasteiger partial charge in [0.2, 0.25) is 0 Å². The summed E-state index contributed by atoms with van der Waals surface area (Å²) in [6.07, 6.45) is 23.3. The van der Waals surface area contributed by atoms with Crippen LogP contribution in [0.1, 0.15) is 149 Å². The smallest absolute Gasteiger partial charge is 0.747 e. The van der Waals surface area contributed by atoms with Crippen molar-refractivity contribution in [3.8, 4) is 0 Å². The molecule has 0 aliphatic carbocycles. The number of hydrogen-bond donors (Lipinski definition) is 0. The third-order valence-electron chi connectivity index (χ3n) is 6.17. The van der Waals surface area contributed by atoms with Crippen molar-refractivity contribution in [3.63, 3.8) is 0 Å². The van der Waals surface area contributed by atoms with Gasteiger partial charge in [0.25, 0.3) is 0 Å². The van der Waals surface area contributed by atoms with Gasteiger partial charge in [0.05, 0.1) is 6.61 Å². The van der Waals surface area contributed by atoms with Crippen molar-refractivity contribution in [1.82, 2.24) is 0 Å². The average Bonchev–Trinajstić information content (AvgIpc) is 2.74. The minimum atomic E-state index is -4.66. The monoisotopic (exact) mass is 498 g/mol. The van der Waals surface area contributed by atoms with Gasteiger partial charge in [-0.1, -0.05) is 136 Å². The predicted molar refractivity (Wildman–Crippen MR) is 133 cm³/mol. The molecule has 0 amide bonds. The molecule has 1 unspecified atom stereocenters. The first-order valence-corrected chi connectivity index (χ1v) is 15.0. The first kappa shape index (κ1) is 35.5. The SMILES string of the molecule is CCCCCCCCCCCCCCCCOC(=O)C(CCCCCCCC)S(=O)(=O)[O-].[Na+]. The fraction of sp³-hybridized carbons (Fsp3) is 0.962. The number of carbonyl (C=O) groups excluding carboxylic acids is 1. The Labute approximate surface area is 227 Å². The molecule has 192 valence electrons. The maximum atomic E-state index is 12.1. The Morgan fingerprint density at radius 2 is 0.970 bits per heavy atom. The van der Waals surface area contributed by atoms with E-state index in [0.717, 1.165) is 51.4 Å². The molecule has 7 heteroatoms. The van der Waals surface area contributed by atoms with Crippen molar-refractivity contribution < 1.29 is 52.1 Å². The van der Waals surface area contributed by atoms with E-state index in [2.05, 4.69) is 13.8 Å². The summed E-state index contributed by atoms with van der Waals surface area (Å²) in [5.74, 6) is -0.858. The fourth-order valence-electron chi connectivity index (χ4n) is 4.05. The van der Waals surface area contributed by atoms with Gasteiger partial charge in [-0.15, -0.1) is 0 Å². The molecule has 0 heterocycles. The van der Waals surface area contributed by atoms with Crippen LogP contribution in [-0.2, 0) is 19.6 Å². The third-order valence-corrected chi connectivity index (χ3v) is 7.30. The number of ether oxygens (including phenoxy) is 1. The van der Waals surface area contributed by atoms with Gasteiger partial charge in [0, 0.05) is 0 Å². The molecule has 0 saturated carbocycles. The number of rotatable bonds is 24. The predicted octanol–water partition coefficient (Wildman–Crippen LogP) is 4.68. The molecule has 0 aliphatic heterocycles. The molecule has 1 atom stereocenters. The molecule has 33 heavy (non-hydrogen) atoms. The molecule has 0 radical (unpaired) electrons.